The number of nitrogens with zero attached hydrogens (tertiary/aromatic N) is 1. The van der Waals surface area contributed by atoms with Gasteiger partial charge in [0.15, 0.2) is 0 Å². The highest BCUT2D eigenvalue weighted by Gasteiger charge is 2.28. The molecule has 0 saturated carbocycles. The van der Waals surface area contributed by atoms with Gasteiger partial charge < -0.3 is 10.6 Å². The molecular weight excluding hydrogens is 212 g/mol. The van der Waals surface area contributed by atoms with Gasteiger partial charge in [-0.25, -0.2) is 0 Å². The van der Waals surface area contributed by atoms with E-state index in [0.717, 1.165) is 11.3 Å². The lowest BCUT2D eigenvalue weighted by Gasteiger charge is -2.18. The van der Waals surface area contributed by atoms with E-state index in [4.69, 9.17) is 5.73 Å². The number of nitrogens with two attached hydrogens (primary N) is 1. The van der Waals surface area contributed by atoms with E-state index in [9.17, 15) is 4.79 Å². The largest absolute Gasteiger partial charge is 0.326 e. The minimum atomic E-state index is -0.0119. The summed E-state index contributed by atoms with van der Waals surface area (Å²) >= 11 is 0. The Morgan fingerprint density at radius 2 is 2.07 bits per heavy atom. The molecule has 1 aliphatic rings. The summed E-state index contributed by atoms with van der Waals surface area (Å²) in [4.78, 5) is 13.4. The number of carbonyl (C=O) groups excluding carboxylic acids is 1. The Morgan fingerprint density at radius 1 is 1.40 bits per heavy atom. The normalized spacial score (nSPS) is 20.3. The summed E-state index contributed by atoms with van der Waals surface area (Å²) in [7, 11) is 0. The van der Waals surface area contributed by atoms with Crippen LogP contribution in [-0.4, -0.2) is 18.5 Å². The summed E-state index contributed by atoms with van der Waals surface area (Å²) in [5.41, 5.74) is 7.85. The van der Waals surface area contributed by atoms with Gasteiger partial charge in [0.2, 0.25) is 5.91 Å². The SMILES string of the molecule is Cc1ccccc1N1CC(N)CC1=O.Cl. The molecule has 1 saturated heterocycles. The maximum Gasteiger partial charge on any atom is 0.228 e. The zero-order chi connectivity index (χ0) is 10.1. The molecule has 1 amide bonds. The highest BCUT2D eigenvalue weighted by atomic mass is 35.5. The Bertz CT molecular complexity index is 367. The summed E-state index contributed by atoms with van der Waals surface area (Å²) in [6.07, 6.45) is 0.467. The van der Waals surface area contributed by atoms with Crippen molar-refractivity contribution < 1.29 is 4.79 Å². The third-order valence-electron chi connectivity index (χ3n) is 2.56. The van der Waals surface area contributed by atoms with Gasteiger partial charge in [0.05, 0.1) is 0 Å². The molecule has 0 spiro atoms. The van der Waals surface area contributed by atoms with Crippen LogP contribution in [0.15, 0.2) is 24.3 Å². The van der Waals surface area contributed by atoms with E-state index in [1.54, 1.807) is 4.90 Å². The lowest BCUT2D eigenvalue weighted by Crippen LogP contribution is -2.28. The van der Waals surface area contributed by atoms with Gasteiger partial charge in [-0.05, 0) is 18.6 Å². The zero-order valence-electron chi connectivity index (χ0n) is 8.64. The van der Waals surface area contributed by atoms with Crippen LogP contribution >= 0.6 is 12.4 Å². The first-order chi connectivity index (χ1) is 6.68. The van der Waals surface area contributed by atoms with Crippen LogP contribution in [0.4, 0.5) is 5.69 Å². The predicted molar refractivity (Wildman–Crippen MR) is 63.4 cm³/mol. The van der Waals surface area contributed by atoms with E-state index in [1.807, 2.05) is 31.2 Å². The van der Waals surface area contributed by atoms with Crippen LogP contribution in [0.5, 0.6) is 0 Å². The van der Waals surface area contributed by atoms with Crippen molar-refractivity contribution in [2.75, 3.05) is 11.4 Å². The van der Waals surface area contributed by atoms with Crippen LogP contribution in [0.25, 0.3) is 0 Å². The molecule has 0 aromatic heterocycles. The molecule has 4 heteroatoms. The fraction of sp³-hybridized carbons (Fsp3) is 0.364. The number of anilines is 1. The molecule has 3 nitrogen and oxygen atoms in total. The van der Waals surface area contributed by atoms with E-state index >= 15 is 0 Å². The smallest absolute Gasteiger partial charge is 0.228 e. The summed E-state index contributed by atoms with van der Waals surface area (Å²) in [5, 5.41) is 0. The molecule has 0 radical (unpaired) electrons. The van der Waals surface area contributed by atoms with E-state index in [0.29, 0.717) is 13.0 Å². The number of aryl methyl sites for hydroxylation is 1. The summed E-state index contributed by atoms with van der Waals surface area (Å²) in [6.45, 7) is 2.65. The van der Waals surface area contributed by atoms with Crippen molar-refractivity contribution in [3.63, 3.8) is 0 Å². The first-order valence-electron chi connectivity index (χ1n) is 4.80. The molecular formula is C11H15ClN2O. The standard InChI is InChI=1S/C11H14N2O.ClH/c1-8-4-2-3-5-10(8)13-7-9(12)6-11(13)14;/h2-5,9H,6-7,12H2,1H3;1H. The summed E-state index contributed by atoms with van der Waals surface area (Å²) in [5.74, 6) is 0.131. The van der Waals surface area contributed by atoms with Gasteiger partial charge >= 0.3 is 0 Å². The van der Waals surface area contributed by atoms with E-state index < -0.39 is 0 Å². The Balaban J connectivity index is 0.00000112. The maximum atomic E-state index is 11.6. The Labute approximate surface area is 95.7 Å². The fourth-order valence-corrected chi connectivity index (χ4v) is 1.83. The topological polar surface area (TPSA) is 46.3 Å². The first-order valence-corrected chi connectivity index (χ1v) is 4.80. The second kappa shape index (κ2) is 4.64. The van der Waals surface area contributed by atoms with Crippen molar-refractivity contribution in [1.29, 1.82) is 0 Å². The van der Waals surface area contributed by atoms with Crippen molar-refractivity contribution in [1.82, 2.24) is 0 Å². The Kier molecular flexibility index (Phi) is 3.72. The van der Waals surface area contributed by atoms with Crippen LogP contribution in [0, 0.1) is 6.92 Å². The van der Waals surface area contributed by atoms with Crippen molar-refractivity contribution in [2.45, 2.75) is 19.4 Å². The summed E-state index contributed by atoms with van der Waals surface area (Å²) in [6, 6.07) is 7.87. The lowest BCUT2D eigenvalue weighted by molar-refractivity contribution is -0.117. The van der Waals surface area contributed by atoms with Crippen molar-refractivity contribution >= 4 is 24.0 Å². The number of hydrogen-bond donors (Lipinski definition) is 1. The van der Waals surface area contributed by atoms with E-state index in [2.05, 4.69) is 0 Å². The third-order valence-corrected chi connectivity index (χ3v) is 2.56. The van der Waals surface area contributed by atoms with Crippen LogP contribution in [0.1, 0.15) is 12.0 Å². The third kappa shape index (κ3) is 2.30. The molecule has 1 fully saturated rings. The van der Waals surface area contributed by atoms with Gasteiger partial charge in [-0.15, -0.1) is 12.4 Å². The number of rotatable bonds is 1. The minimum absolute atomic E-state index is 0. The molecule has 0 bridgehead atoms. The van der Waals surface area contributed by atoms with Crippen LogP contribution < -0.4 is 10.6 Å². The molecule has 1 aromatic carbocycles. The number of amides is 1. The second-order valence-corrected chi connectivity index (χ2v) is 3.76. The lowest BCUT2D eigenvalue weighted by atomic mass is 10.2. The molecule has 2 N–H and O–H groups in total. The zero-order valence-corrected chi connectivity index (χ0v) is 9.46. The van der Waals surface area contributed by atoms with Gasteiger partial charge in [-0.2, -0.15) is 0 Å². The summed E-state index contributed by atoms with van der Waals surface area (Å²) < 4.78 is 0. The van der Waals surface area contributed by atoms with E-state index in [-0.39, 0.29) is 24.4 Å². The van der Waals surface area contributed by atoms with Crippen LogP contribution in [0.3, 0.4) is 0 Å². The van der Waals surface area contributed by atoms with Crippen molar-refractivity contribution in [3.05, 3.63) is 29.8 Å². The Morgan fingerprint density at radius 3 is 2.60 bits per heavy atom. The average Bonchev–Trinajstić information content (AvgIpc) is 2.46. The van der Waals surface area contributed by atoms with E-state index in [1.165, 1.54) is 0 Å². The van der Waals surface area contributed by atoms with Crippen molar-refractivity contribution in [2.24, 2.45) is 5.73 Å². The van der Waals surface area contributed by atoms with Gasteiger partial charge in [0.25, 0.3) is 0 Å². The first kappa shape index (κ1) is 12.0. The highest BCUT2D eigenvalue weighted by Crippen LogP contribution is 2.23. The molecule has 1 aromatic rings. The van der Waals surface area contributed by atoms with Gasteiger partial charge in [0, 0.05) is 24.7 Å². The van der Waals surface area contributed by atoms with Crippen LogP contribution in [-0.2, 0) is 4.79 Å². The number of hydrogen-bond acceptors (Lipinski definition) is 2. The highest BCUT2D eigenvalue weighted by molar-refractivity contribution is 5.96. The molecule has 0 aliphatic carbocycles. The fourth-order valence-electron chi connectivity index (χ4n) is 1.83. The number of para-hydroxylation sites is 1. The second-order valence-electron chi connectivity index (χ2n) is 3.76. The Hall–Kier alpha value is -1.06. The van der Waals surface area contributed by atoms with Gasteiger partial charge in [-0.1, -0.05) is 18.2 Å². The maximum absolute atomic E-state index is 11.6. The molecule has 1 heterocycles. The molecule has 82 valence electrons. The average molecular weight is 227 g/mol. The van der Waals surface area contributed by atoms with Gasteiger partial charge in [-0.3, -0.25) is 4.79 Å². The van der Waals surface area contributed by atoms with Crippen molar-refractivity contribution in [3.8, 4) is 0 Å². The van der Waals surface area contributed by atoms with Crippen LogP contribution in [0.2, 0.25) is 0 Å². The number of benzene rings is 1. The molecule has 2 rings (SSSR count). The monoisotopic (exact) mass is 226 g/mol. The molecule has 1 aliphatic heterocycles. The molecule has 1 atom stereocenters. The quantitative estimate of drug-likeness (QED) is 0.789. The minimum Gasteiger partial charge on any atom is -0.326 e. The molecule has 15 heavy (non-hydrogen) atoms. The molecule has 1 unspecified atom stereocenters. The number of carbonyl (C=O) groups is 1. The van der Waals surface area contributed by atoms with Gasteiger partial charge in [0.1, 0.15) is 0 Å². The number of halogens is 1. The predicted octanol–water partition coefficient (Wildman–Crippen LogP) is 1.48.